The molecule has 55 heavy (non-hydrogen) atoms. The highest BCUT2D eigenvalue weighted by molar-refractivity contribution is 7.04. The molecule has 2 aromatic heterocycles. The minimum Gasteiger partial charge on any atom is -0.455 e. The molecule has 0 fully saturated rings. The minimum atomic E-state index is -0.0303. The van der Waals surface area contributed by atoms with Crippen molar-refractivity contribution in [1.29, 1.82) is 0 Å². The molecule has 0 saturated carbocycles. The third-order valence-corrected chi connectivity index (χ3v) is 13.1. The third kappa shape index (κ3) is 2.99. The normalized spacial score (nSPS) is 14.5. The quantitative estimate of drug-likeness (QED) is 0.163. The number of para-hydroxylation sites is 7. The lowest BCUT2D eigenvalue weighted by atomic mass is 9.29. The highest BCUT2D eigenvalue weighted by atomic mass is 16.5. The number of hydrogen-bond donors (Lipinski definition) is 0. The summed E-state index contributed by atoms with van der Waals surface area (Å²) in [5.74, 6) is 1.75. The first-order chi connectivity index (χ1) is 27.3. The van der Waals surface area contributed by atoms with E-state index in [1.54, 1.807) is 0 Å². The van der Waals surface area contributed by atoms with E-state index in [-0.39, 0.29) is 13.4 Å². The van der Waals surface area contributed by atoms with E-state index in [4.69, 9.17) is 9.15 Å². The average molecular weight is 697 g/mol. The van der Waals surface area contributed by atoms with E-state index in [0.717, 1.165) is 45.1 Å². The van der Waals surface area contributed by atoms with Gasteiger partial charge in [0.25, 0.3) is 13.4 Å². The second-order valence-corrected chi connectivity index (χ2v) is 15.5. The zero-order valence-electron chi connectivity index (χ0n) is 29.2. The maximum Gasteiger partial charge on any atom is 0.252 e. The number of benzene rings is 8. The molecule has 250 valence electrons. The van der Waals surface area contributed by atoms with Crippen LogP contribution in [0.15, 0.2) is 156 Å². The number of hydrogen-bond acceptors (Lipinski definition) is 4. The third-order valence-electron chi connectivity index (χ3n) is 13.1. The first-order valence-electron chi connectivity index (χ1n) is 19.1. The van der Waals surface area contributed by atoms with Gasteiger partial charge in [-0.15, -0.1) is 0 Å². The number of fused-ring (bicyclic) bond motifs is 13. The molecule has 7 heterocycles. The lowest BCUT2D eigenvalue weighted by molar-refractivity contribution is 0.477. The van der Waals surface area contributed by atoms with Crippen LogP contribution >= 0.6 is 0 Å². The van der Waals surface area contributed by atoms with Gasteiger partial charge in [-0.05, 0) is 81.3 Å². The van der Waals surface area contributed by atoms with E-state index < -0.39 is 0 Å². The summed E-state index contributed by atoms with van der Waals surface area (Å²) in [5, 5.41) is 4.76. The van der Waals surface area contributed by atoms with Crippen molar-refractivity contribution in [3.63, 3.8) is 0 Å². The van der Waals surface area contributed by atoms with Gasteiger partial charge in [0.05, 0.1) is 22.3 Å². The Morgan fingerprint density at radius 3 is 2.05 bits per heavy atom. The van der Waals surface area contributed by atoms with Crippen LogP contribution in [-0.4, -0.2) is 18.0 Å². The molecule has 0 unspecified atom stereocenters. The number of anilines is 6. The molecule has 8 aromatic carbocycles. The highest BCUT2D eigenvalue weighted by Gasteiger charge is 2.51. The van der Waals surface area contributed by atoms with Gasteiger partial charge in [-0.3, -0.25) is 0 Å². The molecule has 15 rings (SSSR count). The number of aromatic nitrogens is 1. The summed E-state index contributed by atoms with van der Waals surface area (Å²) < 4.78 is 16.3. The van der Waals surface area contributed by atoms with Crippen molar-refractivity contribution >= 4 is 124 Å². The van der Waals surface area contributed by atoms with Gasteiger partial charge in [0, 0.05) is 50.1 Å². The van der Waals surface area contributed by atoms with Gasteiger partial charge in [0.15, 0.2) is 11.5 Å². The zero-order valence-corrected chi connectivity index (χ0v) is 29.2. The number of furan rings is 1. The van der Waals surface area contributed by atoms with Gasteiger partial charge < -0.3 is 23.5 Å². The maximum absolute atomic E-state index is 6.90. The molecule has 5 nitrogen and oxygen atoms in total. The predicted octanol–water partition coefficient (Wildman–Crippen LogP) is 8.01. The van der Waals surface area contributed by atoms with Gasteiger partial charge in [-0.2, -0.15) is 0 Å². The summed E-state index contributed by atoms with van der Waals surface area (Å²) in [7, 11) is 0. The fourth-order valence-corrected chi connectivity index (χ4v) is 11.2. The Morgan fingerprint density at radius 2 is 1.13 bits per heavy atom. The molecule has 0 spiro atoms. The summed E-state index contributed by atoms with van der Waals surface area (Å²) in [6, 6.07) is 55.5. The van der Waals surface area contributed by atoms with E-state index in [2.05, 4.69) is 166 Å². The largest absolute Gasteiger partial charge is 0.455 e. The lowest BCUT2D eigenvalue weighted by Crippen LogP contribution is -2.67. The Bertz CT molecular complexity index is 3460. The summed E-state index contributed by atoms with van der Waals surface area (Å²) >= 11 is 0. The van der Waals surface area contributed by atoms with E-state index in [1.807, 2.05) is 0 Å². The van der Waals surface area contributed by atoms with Crippen LogP contribution in [0.3, 0.4) is 0 Å². The molecular formula is C48H25B2N3O2. The Hall–Kier alpha value is -7.11. The SMILES string of the molecule is c1ccc(N2c3ccccc3B3c4c2cc2c5c4-n4c6c3cccc6c3c6oc7ccccc7c6cc(c34)B5c3cccc4c3N2c2ccccc2O4)cc1. The molecule has 0 radical (unpaired) electrons. The molecule has 0 atom stereocenters. The molecule has 7 heteroatoms. The smallest absolute Gasteiger partial charge is 0.252 e. The van der Waals surface area contributed by atoms with Crippen LogP contribution < -0.4 is 47.3 Å². The van der Waals surface area contributed by atoms with Crippen molar-refractivity contribution in [2.75, 3.05) is 9.80 Å². The van der Waals surface area contributed by atoms with Gasteiger partial charge in [-0.25, -0.2) is 0 Å². The number of nitrogens with zero attached hydrogens (tertiary/aromatic N) is 3. The Morgan fingerprint density at radius 1 is 0.436 bits per heavy atom. The predicted molar refractivity (Wildman–Crippen MR) is 227 cm³/mol. The molecule has 0 saturated heterocycles. The van der Waals surface area contributed by atoms with Crippen molar-refractivity contribution in [3.05, 3.63) is 152 Å². The Labute approximate surface area is 315 Å². The lowest BCUT2D eigenvalue weighted by Gasteiger charge is -2.47. The summed E-state index contributed by atoms with van der Waals surface area (Å²) in [5.41, 5.74) is 20.6. The van der Waals surface area contributed by atoms with Crippen LogP contribution in [0.4, 0.5) is 34.1 Å². The Balaban J connectivity index is 1.22. The fourth-order valence-electron chi connectivity index (χ4n) is 11.2. The van der Waals surface area contributed by atoms with E-state index in [9.17, 15) is 0 Å². The van der Waals surface area contributed by atoms with Crippen molar-refractivity contribution in [2.45, 2.75) is 0 Å². The van der Waals surface area contributed by atoms with Crippen LogP contribution in [-0.2, 0) is 0 Å². The van der Waals surface area contributed by atoms with Crippen LogP contribution in [0.2, 0.25) is 0 Å². The van der Waals surface area contributed by atoms with Crippen LogP contribution in [0, 0.1) is 0 Å². The first-order valence-corrected chi connectivity index (χ1v) is 19.1. The van der Waals surface area contributed by atoms with Crippen LogP contribution in [0.5, 0.6) is 11.5 Å². The van der Waals surface area contributed by atoms with Crippen LogP contribution in [0.1, 0.15) is 0 Å². The average Bonchev–Trinajstić information content (AvgIpc) is 3.79. The highest BCUT2D eigenvalue weighted by Crippen LogP contribution is 2.54. The molecule has 5 aliphatic rings. The van der Waals surface area contributed by atoms with Crippen molar-refractivity contribution in [1.82, 2.24) is 4.57 Å². The molecular weight excluding hydrogens is 672 g/mol. The first kappa shape index (κ1) is 27.5. The summed E-state index contributed by atoms with van der Waals surface area (Å²) in [6.07, 6.45) is 0. The van der Waals surface area contributed by atoms with Crippen molar-refractivity contribution in [3.8, 4) is 17.2 Å². The maximum atomic E-state index is 6.90. The molecule has 0 aliphatic carbocycles. The molecule has 5 aliphatic heterocycles. The summed E-state index contributed by atoms with van der Waals surface area (Å²) in [6.45, 7) is 0.0160. The van der Waals surface area contributed by atoms with E-state index in [0.29, 0.717) is 0 Å². The molecule has 0 N–H and O–H groups in total. The van der Waals surface area contributed by atoms with Gasteiger partial charge in [0.1, 0.15) is 11.2 Å². The van der Waals surface area contributed by atoms with Crippen molar-refractivity contribution < 1.29 is 9.15 Å². The molecule has 0 amide bonds. The topological polar surface area (TPSA) is 33.8 Å². The van der Waals surface area contributed by atoms with Gasteiger partial charge in [-0.1, -0.05) is 103 Å². The van der Waals surface area contributed by atoms with Gasteiger partial charge >= 0.3 is 0 Å². The van der Waals surface area contributed by atoms with Gasteiger partial charge in [0.2, 0.25) is 0 Å². The fraction of sp³-hybridized carbons (Fsp3) is 0. The standard InChI is InChI=1S/C48H25B2N3O2/c1-2-12-26(13-3-1)51-34-19-6-5-16-30(34)49-31-17-10-15-28-41-46-33(24-29-27-14-4-8-21-38(27)55-48(29)41)50-32-18-11-23-40-45(32)52(35-20-7-9-22-39(35)54-40)37-25-36(51)42(49)47(43(37)50)53(46)44(28)31/h1-25H. The number of rotatable bonds is 1. The number of ether oxygens (including phenoxy) is 1. The van der Waals surface area contributed by atoms with Crippen LogP contribution in [0.25, 0.3) is 49.4 Å². The molecule has 10 aromatic rings. The van der Waals surface area contributed by atoms with E-state index >= 15 is 0 Å². The zero-order chi connectivity index (χ0) is 35.3. The van der Waals surface area contributed by atoms with E-state index in [1.165, 1.54) is 82.7 Å². The van der Waals surface area contributed by atoms with Crippen molar-refractivity contribution in [2.24, 2.45) is 0 Å². The minimum absolute atomic E-state index is 0.0303. The second kappa shape index (κ2) is 9.15. The monoisotopic (exact) mass is 697 g/mol. The second-order valence-electron chi connectivity index (χ2n) is 15.5. The summed E-state index contributed by atoms with van der Waals surface area (Å²) in [4.78, 5) is 5.00. The molecule has 0 bridgehead atoms. The Kier molecular flexibility index (Phi) is 4.57.